The number of pyridine rings is 1. The molecule has 11 heteroatoms. The van der Waals surface area contributed by atoms with Crippen molar-refractivity contribution in [3.05, 3.63) is 65.2 Å². The summed E-state index contributed by atoms with van der Waals surface area (Å²) in [5.74, 6) is 3.52. The van der Waals surface area contributed by atoms with Gasteiger partial charge in [-0.15, -0.1) is 0 Å². The molecule has 0 radical (unpaired) electrons. The Morgan fingerprint density at radius 1 is 1.14 bits per heavy atom. The first-order chi connectivity index (χ1) is 23.8. The fraction of sp³-hybridized carbons (Fsp3) is 0.553. The van der Waals surface area contributed by atoms with Crippen molar-refractivity contribution in [1.82, 2.24) is 24.4 Å². The summed E-state index contributed by atoms with van der Waals surface area (Å²) < 4.78 is 9.32. The first kappa shape index (κ1) is 38.0. The number of amides is 2. The number of carbonyl (C=O) groups is 3. The Labute approximate surface area is 294 Å². The average Bonchev–Trinajstić information content (AvgIpc) is 3.93. The lowest BCUT2D eigenvalue weighted by Crippen LogP contribution is -2.39. The predicted molar refractivity (Wildman–Crippen MR) is 197 cm³/mol. The number of ketones is 1. The number of allylic oxidation sites excluding steroid dienone is 2. The number of methoxy groups -OCH3 is 1. The van der Waals surface area contributed by atoms with E-state index in [1.807, 2.05) is 17.0 Å². The van der Waals surface area contributed by atoms with E-state index in [4.69, 9.17) is 4.74 Å². The van der Waals surface area contributed by atoms with Crippen LogP contribution in [0.15, 0.2) is 59.7 Å². The molecule has 3 aliphatic rings. The Kier molecular flexibility index (Phi) is 15.5. The van der Waals surface area contributed by atoms with E-state index in [-0.39, 0.29) is 23.3 Å². The monoisotopic (exact) mass is 691 g/mol. The Hall–Kier alpha value is -3.86. The number of carbonyl (C=O) groups excluding carboxylic acids is 3. The second kappa shape index (κ2) is 20.0. The van der Waals surface area contributed by atoms with E-state index in [9.17, 15) is 19.2 Å². The number of unbranched alkanes of at least 4 members (excludes halogenated alkanes) is 4. The molecule has 6 rings (SSSR count). The van der Waals surface area contributed by atoms with Gasteiger partial charge in [-0.3, -0.25) is 19.2 Å². The Bertz CT molecular complexity index is 1570. The largest absolute Gasteiger partial charge is 0.497 e. The summed E-state index contributed by atoms with van der Waals surface area (Å²) in [5.41, 5.74) is -0.138. The van der Waals surface area contributed by atoms with Gasteiger partial charge in [0.2, 0.25) is 12.3 Å². The van der Waals surface area contributed by atoms with E-state index in [0.717, 1.165) is 66.9 Å². The number of fused-ring (bicyclic) bond motifs is 1. The van der Waals surface area contributed by atoms with E-state index in [1.165, 1.54) is 63.3 Å². The zero-order valence-corrected chi connectivity index (χ0v) is 30.1. The number of Topliss-reactive ketones (excluding diaryl/α,β-unsaturated/α-hetero) is 1. The number of rotatable bonds is 16. The highest BCUT2D eigenvalue weighted by Gasteiger charge is 2.33. The summed E-state index contributed by atoms with van der Waals surface area (Å²) in [5, 5.41) is 6.27. The molecule has 1 aliphatic heterocycles. The van der Waals surface area contributed by atoms with Crippen molar-refractivity contribution in [3.8, 4) is 11.6 Å². The van der Waals surface area contributed by atoms with Gasteiger partial charge in [-0.25, -0.2) is 4.68 Å². The first-order valence-electron chi connectivity index (χ1n) is 17.9. The van der Waals surface area contributed by atoms with Gasteiger partial charge in [0.05, 0.1) is 13.2 Å². The van der Waals surface area contributed by atoms with Crippen LogP contribution in [-0.2, 0) is 14.4 Å². The fourth-order valence-corrected chi connectivity index (χ4v) is 6.83. The molecular weight excluding hydrogens is 639 g/mol. The number of ether oxygens (including phenoxy) is 1. The van der Waals surface area contributed by atoms with Crippen LogP contribution in [0.4, 0.5) is 0 Å². The average molecular weight is 692 g/mol. The molecule has 2 saturated carbocycles. The minimum Gasteiger partial charge on any atom is -0.497 e. The molecule has 0 spiro atoms. The highest BCUT2D eigenvalue weighted by molar-refractivity contribution is 7.98. The summed E-state index contributed by atoms with van der Waals surface area (Å²) in [4.78, 5) is 49.9. The molecule has 266 valence electrons. The molecule has 2 amide bonds. The lowest BCUT2D eigenvalue weighted by molar-refractivity contribution is -0.137. The lowest BCUT2D eigenvalue weighted by Gasteiger charge is -2.22. The van der Waals surface area contributed by atoms with Gasteiger partial charge in [-0.2, -0.15) is 5.10 Å². The quantitative estimate of drug-likeness (QED) is 0.0706. The van der Waals surface area contributed by atoms with Crippen LogP contribution in [0.5, 0.6) is 5.75 Å². The van der Waals surface area contributed by atoms with Crippen molar-refractivity contribution in [2.75, 3.05) is 13.7 Å². The molecule has 3 aromatic rings. The maximum Gasteiger partial charge on any atom is 0.257 e. The zero-order chi connectivity index (χ0) is 35.0. The van der Waals surface area contributed by atoms with Crippen LogP contribution in [0.1, 0.15) is 97.3 Å². The summed E-state index contributed by atoms with van der Waals surface area (Å²) in [6.45, 7) is 4.65. The second-order valence-corrected chi connectivity index (χ2v) is 14.3. The van der Waals surface area contributed by atoms with Crippen LogP contribution < -0.4 is 15.0 Å². The zero-order valence-electron chi connectivity index (χ0n) is 29.3. The van der Waals surface area contributed by atoms with Crippen molar-refractivity contribution in [2.24, 2.45) is 11.8 Å². The number of aromatic nitrogens is 3. The maximum atomic E-state index is 12.2. The fourth-order valence-electron chi connectivity index (χ4n) is 6.21. The third kappa shape index (κ3) is 12.5. The molecule has 0 bridgehead atoms. The molecule has 2 aromatic heterocycles. The van der Waals surface area contributed by atoms with Gasteiger partial charge in [0, 0.05) is 36.0 Å². The van der Waals surface area contributed by atoms with E-state index in [2.05, 4.69) is 33.9 Å². The van der Waals surface area contributed by atoms with Crippen LogP contribution in [0, 0.1) is 11.8 Å². The van der Waals surface area contributed by atoms with E-state index in [1.54, 1.807) is 49.3 Å². The minimum atomic E-state index is -0.138. The molecule has 3 fully saturated rings. The lowest BCUT2D eigenvalue weighted by atomic mass is 10.1. The number of hydrogen-bond acceptors (Lipinski definition) is 7. The minimum absolute atomic E-state index is 0.137. The maximum absolute atomic E-state index is 12.2. The van der Waals surface area contributed by atoms with Crippen LogP contribution in [-0.4, -0.2) is 62.7 Å². The number of aromatic amines is 1. The third-order valence-corrected chi connectivity index (χ3v) is 10.2. The van der Waals surface area contributed by atoms with Crippen LogP contribution in [0.3, 0.4) is 0 Å². The van der Waals surface area contributed by atoms with E-state index >= 15 is 0 Å². The van der Waals surface area contributed by atoms with E-state index < -0.39 is 0 Å². The first-order valence-corrected chi connectivity index (χ1v) is 18.7. The molecule has 10 nitrogen and oxygen atoms in total. The summed E-state index contributed by atoms with van der Waals surface area (Å²) >= 11 is 1.52. The summed E-state index contributed by atoms with van der Waals surface area (Å²) in [6, 6.07) is 8.88. The standard InChI is InChI=1S/C21H35NO2.C13H11N3O2.C4H7NOS/c1-3-11-18-16-19(18)12-8-6-4-5-7-9-14-21(24)22-15-10-13-20(22)17(2)23;1-18-10-3-4-11-9(7-10)8-12(15-13(11)17)16-6-2-5-14-16;6-3-5-7-4-1-2-4/h8,12,18-20H,3-7,9-11,13-16H2,1-2H3;2-8H,1H3,(H,15,17);3-4H,1-2H2,(H,5,6)/b12-8-;;/t18?,19-,20?;;/m1../s1. The SMILES string of the molecule is CCCC1C[C@H]1/C=C\CCCCCCC(=O)N1CCCC1C(C)=O.COc1ccc2c(=O)[nH]c(-n3cccn3)cc2c1.O=CNSC1CC1. The van der Waals surface area contributed by atoms with Gasteiger partial charge in [0.1, 0.15) is 11.6 Å². The number of nitrogens with one attached hydrogen (secondary N) is 2. The van der Waals surface area contributed by atoms with Gasteiger partial charge in [-0.05, 0) is 118 Å². The number of benzene rings is 1. The normalized spacial score (nSPS) is 19.5. The number of likely N-dealkylation sites (tertiary alicyclic amines) is 1. The van der Waals surface area contributed by atoms with Crippen LogP contribution >= 0.6 is 11.9 Å². The smallest absolute Gasteiger partial charge is 0.257 e. The number of hydrogen-bond donors (Lipinski definition) is 2. The Morgan fingerprint density at radius 3 is 2.65 bits per heavy atom. The number of H-pyrrole nitrogens is 1. The molecule has 3 atom stereocenters. The topological polar surface area (TPSA) is 126 Å². The summed E-state index contributed by atoms with van der Waals surface area (Å²) in [6.07, 6.45) is 23.8. The van der Waals surface area contributed by atoms with Gasteiger partial charge >= 0.3 is 0 Å². The molecular formula is C38H53N5O5S. The molecule has 1 saturated heterocycles. The predicted octanol–water partition coefficient (Wildman–Crippen LogP) is 7.16. The van der Waals surface area contributed by atoms with Gasteiger partial charge in [0.25, 0.3) is 5.56 Å². The van der Waals surface area contributed by atoms with Crippen molar-refractivity contribution in [3.63, 3.8) is 0 Å². The van der Waals surface area contributed by atoms with Gasteiger partial charge in [-0.1, -0.05) is 44.8 Å². The second-order valence-electron chi connectivity index (χ2n) is 13.1. The molecule has 2 N–H and O–H groups in total. The number of nitrogens with zero attached hydrogens (tertiary/aromatic N) is 3. The van der Waals surface area contributed by atoms with Crippen LogP contribution in [0.2, 0.25) is 0 Å². The highest BCUT2D eigenvalue weighted by atomic mass is 32.2. The van der Waals surface area contributed by atoms with Crippen molar-refractivity contribution in [2.45, 2.75) is 109 Å². The molecule has 2 aliphatic carbocycles. The molecule has 2 unspecified atom stereocenters. The van der Waals surface area contributed by atoms with Gasteiger partial charge in [0.15, 0.2) is 5.78 Å². The van der Waals surface area contributed by atoms with E-state index in [0.29, 0.717) is 17.6 Å². The summed E-state index contributed by atoms with van der Waals surface area (Å²) in [7, 11) is 1.60. The molecule has 49 heavy (non-hydrogen) atoms. The third-order valence-electron chi connectivity index (χ3n) is 9.17. The van der Waals surface area contributed by atoms with Crippen molar-refractivity contribution < 1.29 is 19.1 Å². The highest BCUT2D eigenvalue weighted by Crippen LogP contribution is 2.43. The molecule has 1 aromatic carbocycles. The van der Waals surface area contributed by atoms with Crippen LogP contribution in [0.25, 0.3) is 16.6 Å². The Morgan fingerprint density at radius 2 is 1.96 bits per heavy atom. The van der Waals surface area contributed by atoms with Crippen molar-refractivity contribution >= 4 is 40.8 Å². The van der Waals surface area contributed by atoms with Crippen molar-refractivity contribution in [1.29, 1.82) is 0 Å². The Balaban J connectivity index is 0.000000188. The van der Waals surface area contributed by atoms with Gasteiger partial charge < -0.3 is 19.3 Å². The molecule has 3 heterocycles.